The van der Waals surface area contributed by atoms with Gasteiger partial charge in [-0.15, -0.1) is 0 Å². The number of hydrogen-bond acceptors (Lipinski definition) is 7. The van der Waals surface area contributed by atoms with Crippen LogP contribution in [-0.2, 0) is 4.79 Å². The third-order valence-corrected chi connectivity index (χ3v) is 6.43. The van der Waals surface area contributed by atoms with E-state index in [1.54, 1.807) is 12.3 Å². The average Bonchev–Trinajstić information content (AvgIpc) is 3.50. The number of carbonyl (C=O) groups is 1. The molecule has 1 aliphatic heterocycles. The summed E-state index contributed by atoms with van der Waals surface area (Å²) in [4.78, 5) is 17.7. The van der Waals surface area contributed by atoms with E-state index in [2.05, 4.69) is 16.2 Å². The van der Waals surface area contributed by atoms with Crippen molar-refractivity contribution in [2.45, 2.75) is 45.2 Å². The molecule has 158 valence electrons. The van der Waals surface area contributed by atoms with Gasteiger partial charge in [-0.3, -0.25) is 4.79 Å². The normalized spacial score (nSPS) is 15.8. The Morgan fingerprint density at radius 1 is 1.26 bits per heavy atom. The van der Waals surface area contributed by atoms with Crippen LogP contribution in [0.4, 0.5) is 0 Å². The summed E-state index contributed by atoms with van der Waals surface area (Å²) in [6.45, 7) is 7.63. The van der Waals surface area contributed by atoms with E-state index < -0.39 is 0 Å². The van der Waals surface area contributed by atoms with Crippen molar-refractivity contribution in [3.8, 4) is 6.07 Å². The van der Waals surface area contributed by atoms with Gasteiger partial charge in [0.2, 0.25) is 0 Å². The number of nitriles is 1. The van der Waals surface area contributed by atoms with E-state index in [0.717, 1.165) is 22.6 Å². The predicted molar refractivity (Wildman–Crippen MR) is 117 cm³/mol. The first-order valence-electron chi connectivity index (χ1n) is 9.89. The van der Waals surface area contributed by atoms with E-state index in [1.165, 1.54) is 16.8 Å². The summed E-state index contributed by atoms with van der Waals surface area (Å²) in [5.74, 6) is 2.02. The van der Waals surface area contributed by atoms with Crippen LogP contribution in [-0.4, -0.2) is 27.4 Å². The quantitative estimate of drug-likeness (QED) is 0.533. The molecule has 7 nitrogen and oxygen atoms in total. The number of aryl methyl sites for hydroxylation is 2. The first kappa shape index (κ1) is 20.9. The SMILES string of the molecule is Cc1ccc(C2=NN(C(=O)CSc3nc(C)c(C)c(C)c3C#N)C(c3ccco3)C2)o1. The zero-order valence-electron chi connectivity index (χ0n) is 17.8. The fraction of sp³-hybridized carbons (Fsp3) is 0.304. The van der Waals surface area contributed by atoms with E-state index in [9.17, 15) is 10.1 Å². The lowest BCUT2D eigenvalue weighted by molar-refractivity contribution is -0.130. The average molecular weight is 435 g/mol. The van der Waals surface area contributed by atoms with Gasteiger partial charge in [0.25, 0.3) is 5.91 Å². The standard InChI is InChI=1S/C23H22N4O3S/c1-13-7-8-20(30-13)18-10-19(21-6-5-9-29-21)27(26-18)22(28)12-31-23-17(11-24)15(3)14(2)16(4)25-23/h5-9,19H,10,12H2,1-4H3. The maximum absolute atomic E-state index is 13.2. The van der Waals surface area contributed by atoms with Crippen LogP contribution in [0.2, 0.25) is 0 Å². The Kier molecular flexibility index (Phi) is 5.70. The van der Waals surface area contributed by atoms with Gasteiger partial charge in [-0.1, -0.05) is 11.8 Å². The van der Waals surface area contributed by atoms with Crippen LogP contribution in [0, 0.1) is 39.0 Å². The van der Waals surface area contributed by atoms with Crippen molar-refractivity contribution >= 4 is 23.4 Å². The third kappa shape index (κ3) is 4.01. The van der Waals surface area contributed by atoms with Gasteiger partial charge >= 0.3 is 0 Å². The highest BCUT2D eigenvalue weighted by atomic mass is 32.2. The van der Waals surface area contributed by atoms with Gasteiger partial charge in [0.1, 0.15) is 40.1 Å². The number of carbonyl (C=O) groups excluding carboxylic acids is 1. The third-order valence-electron chi connectivity index (χ3n) is 5.47. The summed E-state index contributed by atoms with van der Waals surface area (Å²) in [5.41, 5.74) is 3.96. The Bertz CT molecular complexity index is 1200. The van der Waals surface area contributed by atoms with E-state index in [0.29, 0.717) is 34.2 Å². The molecule has 0 fully saturated rings. The maximum atomic E-state index is 13.2. The zero-order chi connectivity index (χ0) is 22.1. The molecule has 0 N–H and O–H groups in total. The molecule has 0 spiro atoms. The highest BCUT2D eigenvalue weighted by Crippen LogP contribution is 2.35. The summed E-state index contributed by atoms with van der Waals surface area (Å²) >= 11 is 1.26. The second-order valence-electron chi connectivity index (χ2n) is 7.46. The van der Waals surface area contributed by atoms with Gasteiger partial charge in [0, 0.05) is 12.1 Å². The molecule has 4 rings (SSSR count). The molecule has 3 aromatic rings. The first-order valence-corrected chi connectivity index (χ1v) is 10.9. The summed E-state index contributed by atoms with van der Waals surface area (Å²) < 4.78 is 11.3. The number of hydrogen-bond donors (Lipinski definition) is 0. The van der Waals surface area contributed by atoms with Gasteiger partial charge in [-0.2, -0.15) is 10.4 Å². The molecule has 1 amide bonds. The molecule has 0 saturated carbocycles. The largest absolute Gasteiger partial charge is 0.467 e. The number of thioether (sulfide) groups is 1. The van der Waals surface area contributed by atoms with Crippen molar-refractivity contribution in [3.05, 3.63) is 70.2 Å². The molecule has 0 radical (unpaired) electrons. The summed E-state index contributed by atoms with van der Waals surface area (Å²) in [6.07, 6.45) is 2.09. The molecule has 1 unspecified atom stereocenters. The van der Waals surface area contributed by atoms with Gasteiger partial charge < -0.3 is 8.83 Å². The molecule has 1 atom stereocenters. The number of aromatic nitrogens is 1. The fourth-order valence-corrected chi connectivity index (χ4v) is 4.46. The minimum absolute atomic E-state index is 0.106. The van der Waals surface area contributed by atoms with Crippen molar-refractivity contribution < 1.29 is 13.6 Å². The second kappa shape index (κ2) is 8.44. The first-order chi connectivity index (χ1) is 14.9. The van der Waals surface area contributed by atoms with Gasteiger partial charge in [0.15, 0.2) is 0 Å². The Morgan fingerprint density at radius 2 is 2.06 bits per heavy atom. The van der Waals surface area contributed by atoms with Crippen molar-refractivity contribution in [2.75, 3.05) is 5.75 Å². The molecule has 0 aliphatic carbocycles. The molecule has 0 aromatic carbocycles. The van der Waals surface area contributed by atoms with Crippen LogP contribution in [0.5, 0.6) is 0 Å². The van der Waals surface area contributed by atoms with Gasteiger partial charge in [0.05, 0.1) is 17.6 Å². The van der Waals surface area contributed by atoms with Crippen LogP contribution in [0.25, 0.3) is 0 Å². The fourth-order valence-electron chi connectivity index (χ4n) is 3.52. The molecule has 1 aliphatic rings. The van der Waals surface area contributed by atoms with Crippen LogP contribution in [0.3, 0.4) is 0 Å². The van der Waals surface area contributed by atoms with Crippen molar-refractivity contribution in [1.29, 1.82) is 5.26 Å². The van der Waals surface area contributed by atoms with Crippen LogP contribution in [0.1, 0.15) is 52.1 Å². The Hall–Kier alpha value is -3.31. The zero-order valence-corrected chi connectivity index (χ0v) is 18.6. The minimum Gasteiger partial charge on any atom is -0.467 e. The van der Waals surface area contributed by atoms with Crippen LogP contribution >= 0.6 is 11.8 Å². The lowest BCUT2D eigenvalue weighted by atomic mass is 10.1. The molecule has 4 heterocycles. The number of nitrogens with zero attached hydrogens (tertiary/aromatic N) is 4. The molecule has 0 saturated heterocycles. The molecular weight excluding hydrogens is 412 g/mol. The molecule has 8 heteroatoms. The number of amides is 1. The van der Waals surface area contributed by atoms with Crippen molar-refractivity contribution in [1.82, 2.24) is 9.99 Å². The monoisotopic (exact) mass is 434 g/mol. The predicted octanol–water partition coefficient (Wildman–Crippen LogP) is 4.84. The molecule has 3 aromatic heterocycles. The molecule has 0 bridgehead atoms. The van der Waals surface area contributed by atoms with E-state index in [1.807, 2.05) is 45.9 Å². The van der Waals surface area contributed by atoms with E-state index in [-0.39, 0.29) is 17.7 Å². The number of pyridine rings is 1. The topological polar surface area (TPSA) is 95.6 Å². The molecule has 31 heavy (non-hydrogen) atoms. The Labute approximate surface area is 184 Å². The number of rotatable bonds is 5. The lowest BCUT2D eigenvalue weighted by Gasteiger charge is -2.20. The van der Waals surface area contributed by atoms with Gasteiger partial charge in [-0.25, -0.2) is 9.99 Å². The van der Waals surface area contributed by atoms with Gasteiger partial charge in [-0.05, 0) is 63.1 Å². The van der Waals surface area contributed by atoms with Crippen LogP contribution < -0.4 is 0 Å². The summed E-state index contributed by atoms with van der Waals surface area (Å²) in [5, 5.41) is 16.2. The minimum atomic E-state index is -0.339. The van der Waals surface area contributed by atoms with Crippen molar-refractivity contribution in [3.63, 3.8) is 0 Å². The Morgan fingerprint density at radius 3 is 2.71 bits per heavy atom. The molecular formula is C23H22N4O3S. The van der Waals surface area contributed by atoms with Crippen molar-refractivity contribution in [2.24, 2.45) is 5.10 Å². The summed E-state index contributed by atoms with van der Waals surface area (Å²) in [6, 6.07) is 9.25. The lowest BCUT2D eigenvalue weighted by Crippen LogP contribution is -2.28. The number of furan rings is 2. The Balaban J connectivity index is 1.59. The smallest absolute Gasteiger partial charge is 0.253 e. The maximum Gasteiger partial charge on any atom is 0.253 e. The highest BCUT2D eigenvalue weighted by Gasteiger charge is 2.36. The highest BCUT2D eigenvalue weighted by molar-refractivity contribution is 8.00. The van der Waals surface area contributed by atoms with Crippen LogP contribution in [0.15, 0.2) is 49.5 Å². The summed E-state index contributed by atoms with van der Waals surface area (Å²) in [7, 11) is 0. The number of hydrazone groups is 1. The van der Waals surface area contributed by atoms with E-state index >= 15 is 0 Å². The van der Waals surface area contributed by atoms with E-state index in [4.69, 9.17) is 8.83 Å². The second-order valence-corrected chi connectivity index (χ2v) is 8.42.